The van der Waals surface area contributed by atoms with Crippen LogP contribution < -0.4 is 5.32 Å². The van der Waals surface area contributed by atoms with Crippen molar-refractivity contribution in [3.8, 4) is 6.19 Å². The molecule has 0 unspecified atom stereocenters. The fourth-order valence-electron chi connectivity index (χ4n) is 3.28. The molecule has 140 valence electrons. The van der Waals surface area contributed by atoms with Crippen LogP contribution in [0.1, 0.15) is 29.1 Å². The predicted molar refractivity (Wildman–Crippen MR) is 108 cm³/mol. The molecule has 7 heteroatoms. The van der Waals surface area contributed by atoms with Crippen molar-refractivity contribution >= 4 is 28.9 Å². The topological polar surface area (TPSA) is 71.7 Å². The maximum absolute atomic E-state index is 12.8. The molecule has 1 N–H and O–H groups in total. The van der Waals surface area contributed by atoms with Gasteiger partial charge in [-0.3, -0.25) is 10.1 Å². The summed E-state index contributed by atoms with van der Waals surface area (Å²) in [7, 11) is 0. The SMILES string of the molecule is Cc1ccccc1N=C(NC#N)N1CCN(C(=O)c2cccs2)C(C)(C)C1. The van der Waals surface area contributed by atoms with Gasteiger partial charge in [0, 0.05) is 19.6 Å². The number of hydrogen-bond acceptors (Lipinski definition) is 4. The van der Waals surface area contributed by atoms with Gasteiger partial charge in [-0.15, -0.1) is 11.3 Å². The molecule has 0 spiro atoms. The Morgan fingerprint density at radius 2 is 2.04 bits per heavy atom. The molecule has 0 aliphatic carbocycles. The molecule has 1 amide bonds. The van der Waals surface area contributed by atoms with Gasteiger partial charge in [-0.25, -0.2) is 4.99 Å². The summed E-state index contributed by atoms with van der Waals surface area (Å²) in [4.78, 5) is 22.2. The fourth-order valence-corrected chi connectivity index (χ4v) is 3.95. The molecule has 1 aliphatic heterocycles. The molecule has 1 aromatic carbocycles. The van der Waals surface area contributed by atoms with Crippen molar-refractivity contribution in [2.24, 2.45) is 4.99 Å². The molecule has 1 fully saturated rings. The van der Waals surface area contributed by atoms with E-state index < -0.39 is 0 Å². The van der Waals surface area contributed by atoms with Gasteiger partial charge in [0.05, 0.1) is 16.1 Å². The van der Waals surface area contributed by atoms with E-state index in [2.05, 4.69) is 10.3 Å². The highest BCUT2D eigenvalue weighted by Gasteiger charge is 2.38. The number of aryl methyl sites for hydroxylation is 1. The minimum Gasteiger partial charge on any atom is -0.338 e. The van der Waals surface area contributed by atoms with Gasteiger partial charge in [0.15, 0.2) is 6.19 Å². The van der Waals surface area contributed by atoms with Crippen LogP contribution in [0.3, 0.4) is 0 Å². The number of carbonyl (C=O) groups is 1. The third kappa shape index (κ3) is 4.12. The average Bonchev–Trinajstić information content (AvgIpc) is 3.16. The Bertz CT molecular complexity index is 882. The molecule has 0 atom stereocenters. The maximum Gasteiger partial charge on any atom is 0.264 e. The van der Waals surface area contributed by atoms with Crippen LogP contribution in [0.25, 0.3) is 0 Å². The Kier molecular flexibility index (Phi) is 5.47. The summed E-state index contributed by atoms with van der Waals surface area (Å²) in [5.41, 5.74) is 1.48. The molecule has 3 rings (SSSR count). The second-order valence-corrected chi connectivity index (χ2v) is 8.07. The zero-order valence-electron chi connectivity index (χ0n) is 15.8. The highest BCUT2D eigenvalue weighted by atomic mass is 32.1. The smallest absolute Gasteiger partial charge is 0.264 e. The first-order valence-electron chi connectivity index (χ1n) is 8.82. The molecular formula is C20H23N5OS. The lowest BCUT2D eigenvalue weighted by atomic mass is 9.98. The van der Waals surface area contributed by atoms with Crippen molar-refractivity contribution in [3.05, 3.63) is 52.2 Å². The predicted octanol–water partition coefficient (Wildman–Crippen LogP) is 3.35. The van der Waals surface area contributed by atoms with E-state index in [1.54, 1.807) is 0 Å². The van der Waals surface area contributed by atoms with Crippen molar-refractivity contribution in [1.29, 1.82) is 5.26 Å². The monoisotopic (exact) mass is 381 g/mol. The fraction of sp³-hybridized carbons (Fsp3) is 0.350. The molecule has 0 radical (unpaired) electrons. The molecule has 1 saturated heterocycles. The van der Waals surface area contributed by atoms with Gasteiger partial charge in [-0.2, -0.15) is 5.26 Å². The van der Waals surface area contributed by atoms with Crippen LogP contribution in [0, 0.1) is 18.4 Å². The molecule has 6 nitrogen and oxygen atoms in total. The zero-order valence-corrected chi connectivity index (χ0v) is 16.6. The molecule has 2 aromatic rings. The molecule has 2 heterocycles. The third-order valence-electron chi connectivity index (χ3n) is 4.69. The van der Waals surface area contributed by atoms with Crippen LogP contribution in [-0.2, 0) is 0 Å². The first kappa shape index (κ1) is 18.9. The number of guanidine groups is 1. The highest BCUT2D eigenvalue weighted by molar-refractivity contribution is 7.12. The van der Waals surface area contributed by atoms with Crippen LogP contribution in [0.15, 0.2) is 46.8 Å². The Hall–Kier alpha value is -2.85. The summed E-state index contributed by atoms with van der Waals surface area (Å²) in [6.07, 6.45) is 1.99. The summed E-state index contributed by atoms with van der Waals surface area (Å²) >= 11 is 1.46. The van der Waals surface area contributed by atoms with E-state index in [0.717, 1.165) is 16.1 Å². The van der Waals surface area contributed by atoms with E-state index in [0.29, 0.717) is 25.6 Å². The Morgan fingerprint density at radius 3 is 2.67 bits per heavy atom. The van der Waals surface area contributed by atoms with Gasteiger partial charge in [0.2, 0.25) is 5.96 Å². The third-order valence-corrected chi connectivity index (χ3v) is 5.55. The average molecular weight is 382 g/mol. The lowest BCUT2D eigenvalue weighted by molar-refractivity contribution is 0.0331. The zero-order chi connectivity index (χ0) is 19.4. The molecular weight excluding hydrogens is 358 g/mol. The lowest BCUT2D eigenvalue weighted by Crippen LogP contribution is -2.63. The van der Waals surface area contributed by atoms with Crippen LogP contribution in [-0.4, -0.2) is 46.8 Å². The lowest BCUT2D eigenvalue weighted by Gasteiger charge is -2.47. The molecule has 1 aliphatic rings. The largest absolute Gasteiger partial charge is 0.338 e. The number of thiophene rings is 1. The quantitative estimate of drug-likeness (QED) is 0.375. The number of piperazine rings is 1. The van der Waals surface area contributed by atoms with Crippen molar-refractivity contribution < 1.29 is 4.79 Å². The number of para-hydroxylation sites is 1. The standard InChI is InChI=1S/C20H23N5OS/c1-15-7-4-5-8-16(15)23-19(22-14-21)24-10-11-25(20(2,3)13-24)18(26)17-9-6-12-27-17/h4-9,12H,10-11,13H2,1-3H3,(H,22,23). The van der Waals surface area contributed by atoms with Crippen molar-refractivity contribution in [2.75, 3.05) is 19.6 Å². The Morgan fingerprint density at radius 1 is 1.26 bits per heavy atom. The number of nitriles is 1. The van der Waals surface area contributed by atoms with E-state index in [9.17, 15) is 10.1 Å². The summed E-state index contributed by atoms with van der Waals surface area (Å²) in [6, 6.07) is 11.6. The number of benzene rings is 1. The van der Waals surface area contributed by atoms with Gasteiger partial charge >= 0.3 is 0 Å². The Balaban J connectivity index is 1.83. The van der Waals surface area contributed by atoms with Gasteiger partial charge in [-0.05, 0) is 43.8 Å². The number of amides is 1. The number of nitrogens with zero attached hydrogens (tertiary/aromatic N) is 4. The molecule has 0 saturated carbocycles. The Labute approximate surface area is 163 Å². The summed E-state index contributed by atoms with van der Waals surface area (Å²) in [5, 5.41) is 13.8. The molecule has 1 aromatic heterocycles. The van der Waals surface area contributed by atoms with Crippen molar-refractivity contribution in [2.45, 2.75) is 26.3 Å². The minimum absolute atomic E-state index is 0.0558. The van der Waals surface area contributed by atoms with Crippen LogP contribution in [0.2, 0.25) is 0 Å². The highest BCUT2D eigenvalue weighted by Crippen LogP contribution is 2.26. The minimum atomic E-state index is -0.386. The number of hydrogen-bond donors (Lipinski definition) is 1. The van der Waals surface area contributed by atoms with Gasteiger partial charge < -0.3 is 9.80 Å². The van der Waals surface area contributed by atoms with Gasteiger partial charge in [0.1, 0.15) is 0 Å². The van der Waals surface area contributed by atoms with Gasteiger partial charge in [0.25, 0.3) is 5.91 Å². The van der Waals surface area contributed by atoms with E-state index in [-0.39, 0.29) is 11.4 Å². The molecule has 0 bridgehead atoms. The van der Waals surface area contributed by atoms with Gasteiger partial charge in [-0.1, -0.05) is 24.3 Å². The second kappa shape index (κ2) is 7.80. The number of aliphatic imine (C=N–C) groups is 1. The first-order chi connectivity index (χ1) is 12.9. The number of nitrogens with one attached hydrogen (secondary N) is 1. The van der Waals surface area contributed by atoms with E-state index >= 15 is 0 Å². The maximum atomic E-state index is 12.8. The van der Waals surface area contributed by atoms with E-state index in [1.807, 2.05) is 78.5 Å². The summed E-state index contributed by atoms with van der Waals surface area (Å²) < 4.78 is 0. The van der Waals surface area contributed by atoms with Crippen molar-refractivity contribution in [1.82, 2.24) is 15.1 Å². The van der Waals surface area contributed by atoms with Crippen LogP contribution in [0.4, 0.5) is 5.69 Å². The summed E-state index contributed by atoms with van der Waals surface area (Å²) in [6.45, 7) is 7.85. The van der Waals surface area contributed by atoms with Crippen LogP contribution >= 0.6 is 11.3 Å². The van der Waals surface area contributed by atoms with E-state index in [1.165, 1.54) is 11.3 Å². The van der Waals surface area contributed by atoms with E-state index in [4.69, 9.17) is 0 Å². The number of carbonyl (C=O) groups excluding carboxylic acids is 1. The van der Waals surface area contributed by atoms with Crippen molar-refractivity contribution in [3.63, 3.8) is 0 Å². The summed E-state index contributed by atoms with van der Waals surface area (Å²) in [5.74, 6) is 0.573. The number of rotatable bonds is 2. The van der Waals surface area contributed by atoms with Crippen LogP contribution in [0.5, 0.6) is 0 Å². The second-order valence-electron chi connectivity index (χ2n) is 7.13. The first-order valence-corrected chi connectivity index (χ1v) is 9.70. The molecule has 27 heavy (non-hydrogen) atoms. The normalized spacial score (nSPS) is 16.7.